The highest BCUT2D eigenvalue weighted by molar-refractivity contribution is 5.70. The smallest absolute Gasteiger partial charge is 0.306 e. The fourth-order valence-corrected chi connectivity index (χ4v) is 6.62. The quantitative estimate of drug-likeness (QED) is 0.135. The molecule has 1 N–H and O–H groups in total. The molecule has 0 radical (unpaired) electrons. The van der Waals surface area contributed by atoms with Gasteiger partial charge in [-0.1, -0.05) is 57.9 Å². The van der Waals surface area contributed by atoms with Gasteiger partial charge in [0.2, 0.25) is 12.6 Å². The van der Waals surface area contributed by atoms with E-state index in [1.54, 1.807) is 12.2 Å². The van der Waals surface area contributed by atoms with Gasteiger partial charge in [0.1, 0.15) is 6.10 Å². The third-order valence-corrected chi connectivity index (χ3v) is 8.85. The first-order valence-corrected chi connectivity index (χ1v) is 13.8. The van der Waals surface area contributed by atoms with E-state index < -0.39 is 47.6 Å². The first-order chi connectivity index (χ1) is 17.9. The van der Waals surface area contributed by atoms with Crippen molar-refractivity contribution in [3.63, 3.8) is 0 Å². The third kappa shape index (κ3) is 5.76. The fraction of sp³-hybridized carbons (Fsp3) is 0.700. The topological polar surface area (TPSA) is 108 Å². The molecule has 0 aromatic heterocycles. The van der Waals surface area contributed by atoms with Crippen molar-refractivity contribution in [2.24, 2.45) is 22.7 Å². The molecule has 212 valence electrons. The molecule has 38 heavy (non-hydrogen) atoms. The van der Waals surface area contributed by atoms with Crippen LogP contribution in [0.3, 0.4) is 0 Å². The number of rotatable bonds is 10. The number of carbonyl (C=O) groups is 3. The summed E-state index contributed by atoms with van der Waals surface area (Å²) in [6, 6.07) is 0. The molecule has 1 saturated carbocycles. The minimum absolute atomic E-state index is 0.0769. The summed E-state index contributed by atoms with van der Waals surface area (Å²) in [6.45, 7) is 14.8. The molecule has 0 amide bonds. The SMILES string of the molecule is C=C/C(C)=C\C[C@]1(C)[C@H](C)C[C@H](O)[C@@]23C(=C[C@@H](OC(=O)CCCCC)C[C@@H]12)[C@@H](OC(C)=O)O[C@H]3OC(C)=O. The predicted molar refractivity (Wildman–Crippen MR) is 141 cm³/mol. The van der Waals surface area contributed by atoms with Crippen molar-refractivity contribution in [1.82, 2.24) is 0 Å². The van der Waals surface area contributed by atoms with E-state index >= 15 is 0 Å². The Morgan fingerprint density at radius 2 is 1.82 bits per heavy atom. The maximum atomic E-state index is 12.7. The lowest BCUT2D eigenvalue weighted by molar-refractivity contribution is -0.254. The Bertz CT molecular complexity index is 983. The van der Waals surface area contributed by atoms with Gasteiger partial charge in [-0.25, -0.2) is 0 Å². The second-order valence-electron chi connectivity index (χ2n) is 11.4. The molecule has 2 aliphatic carbocycles. The molecule has 1 saturated heterocycles. The molecule has 0 bridgehead atoms. The van der Waals surface area contributed by atoms with Crippen molar-refractivity contribution in [3.8, 4) is 0 Å². The van der Waals surface area contributed by atoms with Gasteiger partial charge in [-0.05, 0) is 55.9 Å². The van der Waals surface area contributed by atoms with E-state index in [0.717, 1.165) is 24.8 Å². The van der Waals surface area contributed by atoms with E-state index in [1.807, 2.05) is 6.92 Å². The van der Waals surface area contributed by atoms with E-state index in [-0.39, 0.29) is 17.8 Å². The summed E-state index contributed by atoms with van der Waals surface area (Å²) in [4.78, 5) is 37.0. The van der Waals surface area contributed by atoms with Crippen LogP contribution in [-0.4, -0.2) is 47.8 Å². The van der Waals surface area contributed by atoms with Gasteiger partial charge in [0.15, 0.2) is 0 Å². The zero-order valence-electron chi connectivity index (χ0n) is 23.7. The number of allylic oxidation sites excluding steroid dienone is 3. The lowest BCUT2D eigenvalue weighted by Crippen LogP contribution is -2.63. The molecule has 3 aliphatic rings. The summed E-state index contributed by atoms with van der Waals surface area (Å²) in [6.07, 6.45) is 6.32. The molecule has 2 fully saturated rings. The number of carbonyl (C=O) groups excluding carboxylic acids is 3. The molecule has 1 spiro atoms. The lowest BCUT2D eigenvalue weighted by Gasteiger charge is -2.60. The van der Waals surface area contributed by atoms with Crippen molar-refractivity contribution < 1.29 is 38.4 Å². The molecule has 8 atom stereocenters. The second-order valence-corrected chi connectivity index (χ2v) is 11.4. The van der Waals surface area contributed by atoms with Gasteiger partial charge in [0, 0.05) is 25.8 Å². The van der Waals surface area contributed by atoms with Gasteiger partial charge in [0.05, 0.1) is 11.5 Å². The molecule has 1 heterocycles. The normalized spacial score (nSPS) is 36.4. The standard InChI is InChI=1S/C30H44O8/c1-8-10-11-12-26(34)37-22-16-23-27(35-20(5)31)38-28(36-21(6)32)30(23)24(17-22)29(7,14-13-18(3)9-2)19(4)15-25(30)33/h9,13,16,19,22,24-25,27-28,33H,2,8,10-12,14-15,17H2,1,3-7H3/b18-13-/t19-,22-,24+,25+,27+,28-,29-,30-/m1/s1. The summed E-state index contributed by atoms with van der Waals surface area (Å²) in [5, 5.41) is 11.7. The summed E-state index contributed by atoms with van der Waals surface area (Å²) in [7, 11) is 0. The zero-order chi connectivity index (χ0) is 28.3. The Morgan fingerprint density at radius 1 is 1.13 bits per heavy atom. The lowest BCUT2D eigenvalue weighted by atomic mass is 9.45. The van der Waals surface area contributed by atoms with Crippen LogP contribution < -0.4 is 0 Å². The summed E-state index contributed by atoms with van der Waals surface area (Å²) in [5.41, 5.74) is -0.0331. The minimum atomic E-state index is -1.17. The average molecular weight is 533 g/mol. The van der Waals surface area contributed by atoms with Crippen molar-refractivity contribution in [2.45, 2.75) is 111 Å². The molecule has 1 aliphatic heterocycles. The van der Waals surface area contributed by atoms with Gasteiger partial charge < -0.3 is 19.3 Å². The number of aliphatic hydroxyl groups excluding tert-OH is 1. The first kappa shape index (κ1) is 30.1. The van der Waals surface area contributed by atoms with Gasteiger partial charge in [-0.3, -0.25) is 19.1 Å². The Morgan fingerprint density at radius 3 is 2.42 bits per heavy atom. The highest BCUT2D eigenvalue weighted by atomic mass is 16.8. The van der Waals surface area contributed by atoms with E-state index in [9.17, 15) is 19.5 Å². The molecule has 0 aromatic rings. The summed E-state index contributed by atoms with van der Waals surface area (Å²) >= 11 is 0. The number of hydrogen-bond donors (Lipinski definition) is 1. The first-order valence-electron chi connectivity index (χ1n) is 13.8. The third-order valence-electron chi connectivity index (χ3n) is 8.85. The van der Waals surface area contributed by atoms with Crippen LogP contribution in [0.4, 0.5) is 0 Å². The van der Waals surface area contributed by atoms with Crippen molar-refractivity contribution in [3.05, 3.63) is 36.0 Å². The van der Waals surface area contributed by atoms with Gasteiger partial charge in [-0.15, -0.1) is 0 Å². The van der Waals surface area contributed by atoms with Crippen LogP contribution in [0.5, 0.6) is 0 Å². The van der Waals surface area contributed by atoms with E-state index in [4.69, 9.17) is 18.9 Å². The van der Waals surface area contributed by atoms with Crippen LogP contribution in [0.15, 0.2) is 36.0 Å². The second kappa shape index (κ2) is 12.2. The fourth-order valence-electron chi connectivity index (χ4n) is 6.62. The Labute approximate surface area is 226 Å². The molecule has 0 aromatic carbocycles. The van der Waals surface area contributed by atoms with Gasteiger partial charge >= 0.3 is 17.9 Å². The molecule has 3 rings (SSSR count). The summed E-state index contributed by atoms with van der Waals surface area (Å²) in [5.74, 6) is -1.67. The molecular weight excluding hydrogens is 488 g/mol. The number of aliphatic hydroxyl groups is 1. The Balaban J connectivity index is 2.14. The average Bonchev–Trinajstić information content (AvgIpc) is 3.13. The highest BCUT2D eigenvalue weighted by Crippen LogP contribution is 2.67. The number of hydrogen-bond acceptors (Lipinski definition) is 8. The van der Waals surface area contributed by atoms with E-state index in [0.29, 0.717) is 31.3 Å². The Kier molecular flexibility index (Phi) is 9.63. The summed E-state index contributed by atoms with van der Waals surface area (Å²) < 4.78 is 23.2. The molecule has 0 unspecified atom stereocenters. The van der Waals surface area contributed by atoms with Gasteiger partial charge in [-0.2, -0.15) is 0 Å². The van der Waals surface area contributed by atoms with Crippen LogP contribution in [0, 0.1) is 22.7 Å². The highest BCUT2D eigenvalue weighted by Gasteiger charge is 2.71. The molecule has 8 nitrogen and oxygen atoms in total. The van der Waals surface area contributed by atoms with Crippen molar-refractivity contribution >= 4 is 17.9 Å². The van der Waals surface area contributed by atoms with Crippen LogP contribution >= 0.6 is 0 Å². The zero-order valence-corrected chi connectivity index (χ0v) is 23.7. The monoisotopic (exact) mass is 532 g/mol. The van der Waals surface area contributed by atoms with Crippen molar-refractivity contribution in [2.75, 3.05) is 0 Å². The number of ether oxygens (including phenoxy) is 4. The van der Waals surface area contributed by atoms with Crippen LogP contribution in [0.25, 0.3) is 0 Å². The van der Waals surface area contributed by atoms with Crippen LogP contribution in [0.1, 0.15) is 86.5 Å². The predicted octanol–water partition coefficient (Wildman–Crippen LogP) is 5.15. The van der Waals surface area contributed by atoms with Crippen molar-refractivity contribution in [1.29, 1.82) is 0 Å². The maximum absolute atomic E-state index is 12.7. The van der Waals surface area contributed by atoms with E-state index in [1.165, 1.54) is 13.8 Å². The van der Waals surface area contributed by atoms with Crippen LogP contribution in [-0.2, 0) is 33.3 Å². The number of unbranched alkanes of at least 4 members (excludes halogenated alkanes) is 2. The van der Waals surface area contributed by atoms with Gasteiger partial charge in [0.25, 0.3) is 0 Å². The van der Waals surface area contributed by atoms with E-state index in [2.05, 4.69) is 33.4 Å². The number of esters is 3. The molecule has 8 heteroatoms. The maximum Gasteiger partial charge on any atom is 0.306 e. The largest absolute Gasteiger partial charge is 0.458 e. The Hall–Kier alpha value is -2.45. The van der Waals surface area contributed by atoms with Crippen LogP contribution in [0.2, 0.25) is 0 Å². The molecular formula is C30H44O8. The minimum Gasteiger partial charge on any atom is -0.458 e.